The molecular weight excluding hydrogens is 660 g/mol. The summed E-state index contributed by atoms with van der Waals surface area (Å²) >= 11 is 5.42. The summed E-state index contributed by atoms with van der Waals surface area (Å²) in [7, 11) is 4.40. The first kappa shape index (κ1) is 31.8. The molecule has 0 saturated carbocycles. The maximum Gasteiger partial charge on any atom is 0.0457 e. The van der Waals surface area contributed by atoms with Gasteiger partial charge in [-0.3, -0.25) is 0 Å². The van der Waals surface area contributed by atoms with E-state index in [0.717, 1.165) is 43.7 Å². The molecule has 0 aliphatic carbocycles. The molecule has 0 saturated heterocycles. The first-order valence-electron chi connectivity index (χ1n) is 16.3. The van der Waals surface area contributed by atoms with Crippen LogP contribution in [0.1, 0.15) is 11.1 Å². The first-order valence-corrected chi connectivity index (χ1v) is 18.3. The minimum absolute atomic E-state index is 0.985. The average Bonchev–Trinajstić information content (AvgIpc) is 3.37. The molecule has 0 fully saturated rings. The number of thioether (sulfide) groups is 1. The lowest BCUT2D eigenvalue weighted by Crippen LogP contribution is -2.26. The van der Waals surface area contributed by atoms with Crippen molar-refractivity contribution in [1.29, 1.82) is 0 Å². The van der Waals surface area contributed by atoms with Crippen LogP contribution in [0.2, 0.25) is 0 Å². The van der Waals surface area contributed by atoms with Crippen molar-refractivity contribution in [2.24, 2.45) is 0 Å². The topological polar surface area (TPSA) is 13.0 Å². The van der Waals surface area contributed by atoms with Crippen LogP contribution < -0.4 is 9.80 Å². The monoisotopic (exact) mass is 700 g/mol. The minimum Gasteiger partial charge on any atom is -0.340 e. The first-order chi connectivity index (χ1) is 22.9. The van der Waals surface area contributed by atoms with Crippen molar-refractivity contribution in [3.8, 4) is 0 Å². The molecule has 238 valence electrons. The Balaban J connectivity index is 0.000000150. The van der Waals surface area contributed by atoms with Gasteiger partial charge in [-0.1, -0.05) is 76.6 Å². The summed E-state index contributed by atoms with van der Waals surface area (Å²) in [6, 6.07) is 44.2. The number of nitrogens with zero attached hydrogens (tertiary/aromatic N) is 4. The molecule has 47 heavy (non-hydrogen) atoms. The van der Waals surface area contributed by atoms with E-state index < -0.39 is 0 Å². The van der Waals surface area contributed by atoms with Gasteiger partial charge in [0.05, 0.1) is 0 Å². The number of benzene rings is 6. The van der Waals surface area contributed by atoms with Gasteiger partial charge in [-0.2, -0.15) is 0 Å². The highest BCUT2D eigenvalue weighted by molar-refractivity contribution is 9.10. The molecule has 0 amide bonds. The Morgan fingerprint density at radius 1 is 0.511 bits per heavy atom. The van der Waals surface area contributed by atoms with Crippen molar-refractivity contribution in [2.45, 2.75) is 18.0 Å². The van der Waals surface area contributed by atoms with Crippen molar-refractivity contribution >= 4 is 72.0 Å². The standard InChI is InChI=1S/C21H22N2S.C20H19BrN2/c1-22-11-12-23(21-10-9-20(24-2)14-18(21)15-22)19-8-7-16-5-3-4-6-17(16)13-19;1-22-10-11-23(20-9-7-18(21)12-17(20)14-22)19-8-6-15-4-2-3-5-16(15)13-19/h3-10,13-14H,11-12,15H2,1-2H3;2-9,12-13H,10-11,14H2,1H3. The molecule has 2 aliphatic rings. The van der Waals surface area contributed by atoms with Gasteiger partial charge in [-0.25, -0.2) is 0 Å². The van der Waals surface area contributed by atoms with Gasteiger partial charge in [0, 0.05) is 71.4 Å². The second-order valence-electron chi connectivity index (χ2n) is 12.6. The fourth-order valence-electron chi connectivity index (χ4n) is 6.77. The smallest absolute Gasteiger partial charge is 0.0457 e. The van der Waals surface area contributed by atoms with Gasteiger partial charge >= 0.3 is 0 Å². The van der Waals surface area contributed by atoms with Crippen LogP contribution in [0, 0.1) is 0 Å². The van der Waals surface area contributed by atoms with Crippen molar-refractivity contribution < 1.29 is 0 Å². The Bertz CT molecular complexity index is 2030. The van der Waals surface area contributed by atoms with Crippen LogP contribution in [-0.2, 0) is 13.1 Å². The van der Waals surface area contributed by atoms with Crippen LogP contribution in [0.25, 0.3) is 21.5 Å². The minimum atomic E-state index is 0.985. The van der Waals surface area contributed by atoms with Crippen molar-refractivity contribution in [3.63, 3.8) is 0 Å². The number of anilines is 4. The van der Waals surface area contributed by atoms with Gasteiger partial charge < -0.3 is 19.6 Å². The quantitative estimate of drug-likeness (QED) is 0.170. The number of likely N-dealkylation sites (N-methyl/N-ethyl adjacent to an activating group) is 2. The Kier molecular flexibility index (Phi) is 9.55. The van der Waals surface area contributed by atoms with Crippen LogP contribution in [0.15, 0.2) is 131 Å². The Morgan fingerprint density at radius 3 is 1.53 bits per heavy atom. The summed E-state index contributed by atoms with van der Waals surface area (Å²) in [5.41, 5.74) is 7.98. The third kappa shape index (κ3) is 7.07. The summed E-state index contributed by atoms with van der Waals surface area (Å²) in [4.78, 5) is 11.0. The molecule has 0 aromatic heterocycles. The fraction of sp³-hybridized carbons (Fsp3) is 0.220. The Morgan fingerprint density at radius 2 is 1.00 bits per heavy atom. The summed E-state index contributed by atoms with van der Waals surface area (Å²) < 4.78 is 1.14. The highest BCUT2D eigenvalue weighted by Crippen LogP contribution is 2.36. The van der Waals surface area contributed by atoms with E-state index in [4.69, 9.17) is 0 Å². The van der Waals surface area contributed by atoms with Gasteiger partial charge in [0.25, 0.3) is 0 Å². The van der Waals surface area contributed by atoms with Gasteiger partial charge in [0.15, 0.2) is 0 Å². The van der Waals surface area contributed by atoms with E-state index in [2.05, 4.69) is 177 Å². The van der Waals surface area contributed by atoms with Crippen molar-refractivity contribution in [1.82, 2.24) is 9.80 Å². The van der Waals surface area contributed by atoms with Gasteiger partial charge in [0.2, 0.25) is 0 Å². The van der Waals surface area contributed by atoms with E-state index in [0.29, 0.717) is 0 Å². The highest BCUT2D eigenvalue weighted by Gasteiger charge is 2.21. The van der Waals surface area contributed by atoms with Crippen molar-refractivity contribution in [3.05, 3.63) is 137 Å². The number of hydrogen-bond donors (Lipinski definition) is 0. The molecule has 0 spiro atoms. The molecular formula is C41H41BrN4S. The molecule has 2 aliphatic heterocycles. The van der Waals surface area contributed by atoms with Crippen LogP contribution in [-0.4, -0.2) is 56.3 Å². The largest absolute Gasteiger partial charge is 0.340 e. The number of fused-ring (bicyclic) bond motifs is 4. The number of rotatable bonds is 3. The zero-order valence-corrected chi connectivity index (χ0v) is 29.8. The van der Waals surface area contributed by atoms with E-state index in [1.807, 2.05) is 11.8 Å². The summed E-state index contributed by atoms with van der Waals surface area (Å²) in [5, 5.41) is 5.18. The normalized spacial score (nSPS) is 15.4. The van der Waals surface area contributed by atoms with E-state index in [9.17, 15) is 0 Å². The second kappa shape index (κ2) is 14.1. The van der Waals surface area contributed by atoms with E-state index in [-0.39, 0.29) is 0 Å². The molecule has 2 heterocycles. The van der Waals surface area contributed by atoms with Crippen LogP contribution in [0.4, 0.5) is 22.7 Å². The van der Waals surface area contributed by atoms with E-state index >= 15 is 0 Å². The third-order valence-corrected chi connectivity index (χ3v) is 10.5. The maximum absolute atomic E-state index is 3.61. The van der Waals surface area contributed by atoms with Crippen LogP contribution in [0.3, 0.4) is 0 Å². The molecule has 8 rings (SSSR count). The number of hydrogen-bond acceptors (Lipinski definition) is 5. The summed E-state index contributed by atoms with van der Waals surface area (Å²) in [6.07, 6.45) is 2.14. The SMILES string of the molecule is CN1CCN(c2ccc3ccccc3c2)c2ccc(Br)cc2C1.CSc1ccc2c(c1)CN(C)CCN2c1ccc2ccccc2c1. The summed E-state index contributed by atoms with van der Waals surface area (Å²) in [6.45, 7) is 6.13. The molecule has 0 bridgehead atoms. The summed E-state index contributed by atoms with van der Waals surface area (Å²) in [5.74, 6) is 0. The maximum atomic E-state index is 3.61. The molecule has 6 heteroatoms. The highest BCUT2D eigenvalue weighted by atomic mass is 79.9. The lowest BCUT2D eigenvalue weighted by Gasteiger charge is -2.25. The molecule has 6 aromatic carbocycles. The molecule has 0 unspecified atom stereocenters. The van der Waals surface area contributed by atoms with Gasteiger partial charge in [-0.15, -0.1) is 11.8 Å². The number of halogens is 1. The average molecular weight is 702 g/mol. The molecule has 0 N–H and O–H groups in total. The van der Waals surface area contributed by atoms with E-state index in [1.165, 1.54) is 60.3 Å². The molecule has 0 atom stereocenters. The van der Waals surface area contributed by atoms with E-state index in [1.54, 1.807) is 0 Å². The zero-order chi connectivity index (χ0) is 32.3. The van der Waals surface area contributed by atoms with Gasteiger partial charge in [0.1, 0.15) is 0 Å². The molecule has 6 aromatic rings. The lowest BCUT2D eigenvalue weighted by atomic mass is 10.1. The Hall–Kier alpha value is -3.81. The zero-order valence-electron chi connectivity index (χ0n) is 27.4. The van der Waals surface area contributed by atoms with Crippen LogP contribution in [0.5, 0.6) is 0 Å². The predicted octanol–water partition coefficient (Wildman–Crippen LogP) is 10.3. The molecule has 0 radical (unpaired) electrons. The third-order valence-electron chi connectivity index (χ3n) is 9.29. The van der Waals surface area contributed by atoms with Crippen LogP contribution >= 0.6 is 27.7 Å². The predicted molar refractivity (Wildman–Crippen MR) is 207 cm³/mol. The van der Waals surface area contributed by atoms with Crippen molar-refractivity contribution in [2.75, 3.05) is 56.3 Å². The lowest BCUT2D eigenvalue weighted by molar-refractivity contribution is 0.343. The second-order valence-corrected chi connectivity index (χ2v) is 14.4. The fourth-order valence-corrected chi connectivity index (χ4v) is 7.64. The van der Waals surface area contributed by atoms with Gasteiger partial charge in [-0.05, 0) is 114 Å². The Labute approximate surface area is 291 Å². The molecule has 4 nitrogen and oxygen atoms in total.